The molecule has 0 aliphatic heterocycles. The van der Waals surface area contributed by atoms with Crippen LogP contribution < -0.4 is 4.90 Å². The summed E-state index contributed by atoms with van der Waals surface area (Å²) in [5, 5.41) is 21.3. The summed E-state index contributed by atoms with van der Waals surface area (Å²) in [6, 6.07) is 14.0. The summed E-state index contributed by atoms with van der Waals surface area (Å²) in [6.07, 6.45) is 3.35. The highest BCUT2D eigenvalue weighted by Gasteiger charge is 2.18. The fourth-order valence-corrected chi connectivity index (χ4v) is 3.51. The van der Waals surface area contributed by atoms with Gasteiger partial charge >= 0.3 is 5.97 Å². The molecule has 1 N–H and O–H groups in total. The first-order valence-corrected chi connectivity index (χ1v) is 9.12. The Balaban J connectivity index is 1.96. The van der Waals surface area contributed by atoms with Gasteiger partial charge in [0.25, 0.3) is 5.69 Å². The Morgan fingerprint density at radius 2 is 1.89 bits per heavy atom. The van der Waals surface area contributed by atoms with Gasteiger partial charge in [0.05, 0.1) is 10.6 Å². The van der Waals surface area contributed by atoms with Crippen molar-refractivity contribution < 1.29 is 14.8 Å². The standard InChI is InChI=1S/C20H17N3O4S/c1-22(2)15-10-8-13(12-16(15)23(26)27)9-11-17-21-18(19(28-17)20(24)25)14-6-4-3-5-7-14/h3-12H,1-2H3,(H,24,25)/b11-9+. The summed E-state index contributed by atoms with van der Waals surface area (Å²) >= 11 is 1.06. The lowest BCUT2D eigenvalue weighted by atomic mass is 10.1. The number of benzene rings is 2. The second-order valence-electron chi connectivity index (χ2n) is 6.13. The maximum absolute atomic E-state index is 11.6. The molecule has 0 saturated heterocycles. The number of anilines is 1. The van der Waals surface area contributed by atoms with Crippen LogP contribution in [0.2, 0.25) is 0 Å². The molecule has 0 spiro atoms. The van der Waals surface area contributed by atoms with E-state index in [9.17, 15) is 20.0 Å². The third kappa shape index (κ3) is 4.07. The van der Waals surface area contributed by atoms with E-state index in [1.165, 1.54) is 6.07 Å². The molecule has 0 fully saturated rings. The largest absolute Gasteiger partial charge is 0.477 e. The minimum Gasteiger partial charge on any atom is -0.477 e. The van der Waals surface area contributed by atoms with Crippen molar-refractivity contribution in [2.75, 3.05) is 19.0 Å². The topological polar surface area (TPSA) is 96.6 Å². The van der Waals surface area contributed by atoms with E-state index < -0.39 is 10.9 Å². The molecule has 3 rings (SSSR count). The first-order valence-electron chi connectivity index (χ1n) is 8.30. The molecule has 142 valence electrons. The van der Waals surface area contributed by atoms with Gasteiger partial charge in [0.1, 0.15) is 15.6 Å². The van der Waals surface area contributed by atoms with Crippen LogP contribution in [0.3, 0.4) is 0 Å². The molecule has 1 heterocycles. The van der Waals surface area contributed by atoms with E-state index in [0.29, 0.717) is 22.0 Å². The van der Waals surface area contributed by atoms with E-state index in [-0.39, 0.29) is 10.6 Å². The van der Waals surface area contributed by atoms with E-state index in [2.05, 4.69) is 4.98 Å². The second kappa shape index (κ2) is 8.01. The highest BCUT2D eigenvalue weighted by atomic mass is 32.1. The lowest BCUT2D eigenvalue weighted by Crippen LogP contribution is -2.10. The van der Waals surface area contributed by atoms with E-state index in [1.54, 1.807) is 55.4 Å². The van der Waals surface area contributed by atoms with Crippen LogP contribution in [0.4, 0.5) is 11.4 Å². The number of nitro groups is 1. The van der Waals surface area contributed by atoms with Gasteiger partial charge < -0.3 is 10.0 Å². The van der Waals surface area contributed by atoms with Gasteiger partial charge in [-0.25, -0.2) is 9.78 Å². The lowest BCUT2D eigenvalue weighted by molar-refractivity contribution is -0.384. The van der Waals surface area contributed by atoms with Crippen molar-refractivity contribution >= 4 is 40.8 Å². The van der Waals surface area contributed by atoms with Gasteiger partial charge in [-0.1, -0.05) is 42.5 Å². The third-order valence-corrected chi connectivity index (χ3v) is 4.99. The first kappa shape index (κ1) is 19.2. The number of nitrogens with zero attached hydrogens (tertiary/aromatic N) is 3. The Morgan fingerprint density at radius 3 is 2.50 bits per heavy atom. The van der Waals surface area contributed by atoms with Crippen LogP contribution in [-0.2, 0) is 0 Å². The summed E-state index contributed by atoms with van der Waals surface area (Å²) in [5.74, 6) is -1.04. The Labute approximate surface area is 165 Å². The Bertz CT molecular complexity index is 1060. The number of aromatic carboxylic acids is 1. The molecule has 2 aromatic carbocycles. The minimum absolute atomic E-state index is 0.00230. The van der Waals surface area contributed by atoms with Crippen molar-refractivity contribution in [1.29, 1.82) is 0 Å². The van der Waals surface area contributed by atoms with Gasteiger partial charge in [-0.05, 0) is 17.7 Å². The average Bonchev–Trinajstić information content (AvgIpc) is 3.11. The molecular formula is C20H17N3O4S. The number of thiazole rings is 1. The van der Waals surface area contributed by atoms with Crippen molar-refractivity contribution in [3.05, 3.63) is 74.1 Å². The molecule has 0 atom stereocenters. The average molecular weight is 395 g/mol. The Kier molecular flexibility index (Phi) is 5.51. The summed E-state index contributed by atoms with van der Waals surface area (Å²) in [5.41, 5.74) is 2.28. The molecule has 0 saturated carbocycles. The van der Waals surface area contributed by atoms with Gasteiger partial charge in [-0.2, -0.15) is 0 Å². The molecule has 0 amide bonds. The number of carboxylic acid groups (broad SMARTS) is 1. The fraction of sp³-hybridized carbons (Fsp3) is 0.100. The van der Waals surface area contributed by atoms with Gasteiger partial charge in [-0.3, -0.25) is 10.1 Å². The SMILES string of the molecule is CN(C)c1ccc(/C=C/c2nc(-c3ccccc3)c(C(=O)O)s2)cc1[N+](=O)[O-]. The van der Waals surface area contributed by atoms with E-state index in [0.717, 1.165) is 16.9 Å². The Hall–Kier alpha value is -3.52. The maximum atomic E-state index is 11.6. The Morgan fingerprint density at radius 1 is 1.18 bits per heavy atom. The van der Waals surface area contributed by atoms with Crippen LogP contribution in [-0.4, -0.2) is 35.1 Å². The van der Waals surface area contributed by atoms with Crippen molar-refractivity contribution in [2.24, 2.45) is 0 Å². The van der Waals surface area contributed by atoms with Gasteiger partial charge in [0.15, 0.2) is 0 Å². The highest BCUT2D eigenvalue weighted by molar-refractivity contribution is 7.15. The van der Waals surface area contributed by atoms with Crippen molar-refractivity contribution in [3.63, 3.8) is 0 Å². The van der Waals surface area contributed by atoms with Crippen LogP contribution in [0.15, 0.2) is 48.5 Å². The smallest absolute Gasteiger partial charge is 0.348 e. The molecular weight excluding hydrogens is 378 g/mol. The molecule has 3 aromatic rings. The van der Waals surface area contributed by atoms with Gasteiger partial charge in [0.2, 0.25) is 0 Å². The van der Waals surface area contributed by atoms with Crippen LogP contribution in [0.25, 0.3) is 23.4 Å². The summed E-state index contributed by atoms with van der Waals surface area (Å²) < 4.78 is 0. The molecule has 0 aliphatic rings. The fourth-order valence-electron chi connectivity index (χ4n) is 2.68. The zero-order valence-electron chi connectivity index (χ0n) is 15.2. The quantitative estimate of drug-likeness (QED) is 0.482. The van der Waals surface area contributed by atoms with Gasteiger partial charge in [0, 0.05) is 25.7 Å². The summed E-state index contributed by atoms with van der Waals surface area (Å²) in [7, 11) is 3.48. The molecule has 0 radical (unpaired) electrons. The minimum atomic E-state index is -1.04. The van der Waals surface area contributed by atoms with Crippen LogP contribution in [0.1, 0.15) is 20.2 Å². The predicted molar refractivity (Wildman–Crippen MR) is 111 cm³/mol. The number of rotatable bonds is 6. The number of nitro benzene ring substituents is 1. The molecule has 0 unspecified atom stereocenters. The lowest BCUT2D eigenvalue weighted by Gasteiger charge is -2.12. The van der Waals surface area contributed by atoms with Crippen molar-refractivity contribution in [1.82, 2.24) is 4.98 Å². The normalized spacial score (nSPS) is 10.9. The van der Waals surface area contributed by atoms with E-state index in [1.807, 2.05) is 18.2 Å². The van der Waals surface area contributed by atoms with E-state index in [4.69, 9.17) is 0 Å². The van der Waals surface area contributed by atoms with E-state index >= 15 is 0 Å². The second-order valence-corrected chi connectivity index (χ2v) is 7.16. The molecule has 0 bridgehead atoms. The zero-order valence-corrected chi connectivity index (χ0v) is 16.0. The van der Waals surface area contributed by atoms with Crippen LogP contribution in [0.5, 0.6) is 0 Å². The third-order valence-electron chi connectivity index (χ3n) is 3.98. The molecule has 7 nitrogen and oxygen atoms in total. The number of hydrogen-bond acceptors (Lipinski definition) is 6. The number of aromatic nitrogens is 1. The first-order chi connectivity index (χ1) is 13.4. The highest BCUT2D eigenvalue weighted by Crippen LogP contribution is 2.31. The van der Waals surface area contributed by atoms with Crippen LogP contribution in [0, 0.1) is 10.1 Å². The number of carboxylic acids is 1. The monoisotopic (exact) mass is 395 g/mol. The van der Waals surface area contributed by atoms with Crippen molar-refractivity contribution in [2.45, 2.75) is 0 Å². The van der Waals surface area contributed by atoms with Crippen LogP contribution >= 0.6 is 11.3 Å². The molecule has 1 aromatic heterocycles. The number of carbonyl (C=O) groups is 1. The number of hydrogen-bond donors (Lipinski definition) is 1. The van der Waals surface area contributed by atoms with Crippen molar-refractivity contribution in [3.8, 4) is 11.3 Å². The summed E-state index contributed by atoms with van der Waals surface area (Å²) in [4.78, 5) is 28.7. The summed E-state index contributed by atoms with van der Waals surface area (Å²) in [6.45, 7) is 0. The maximum Gasteiger partial charge on any atom is 0.348 e. The zero-order chi connectivity index (χ0) is 20.3. The molecule has 0 aliphatic carbocycles. The predicted octanol–water partition coefficient (Wildman–Crippen LogP) is 4.65. The van der Waals surface area contributed by atoms with Gasteiger partial charge in [-0.15, -0.1) is 11.3 Å². The molecule has 28 heavy (non-hydrogen) atoms. The molecule has 8 heteroatoms.